The Labute approximate surface area is 315 Å². The summed E-state index contributed by atoms with van der Waals surface area (Å²) in [5.74, 6) is -2.82. The van der Waals surface area contributed by atoms with Gasteiger partial charge in [0.25, 0.3) is 0 Å². The molecule has 2 saturated heterocycles. The molecule has 4 rings (SSSR count). The van der Waals surface area contributed by atoms with Gasteiger partial charge in [-0.25, -0.2) is 0 Å². The third-order valence-corrected chi connectivity index (χ3v) is 10.9. The second-order valence-electron chi connectivity index (χ2n) is 15.5. The number of amides is 2. The molecule has 2 amide bonds. The van der Waals surface area contributed by atoms with Gasteiger partial charge in [-0.05, 0) is 87.9 Å². The minimum Gasteiger partial charge on any atom is -0.480 e. The van der Waals surface area contributed by atoms with E-state index < -0.39 is 35.9 Å². The molecule has 11 nitrogen and oxygen atoms in total. The van der Waals surface area contributed by atoms with Crippen LogP contribution in [0, 0.1) is 17.8 Å². The Bertz CT molecular complexity index is 1480. The summed E-state index contributed by atoms with van der Waals surface area (Å²) in [6.45, 7) is 6.26. The molecular weight excluding hydrogens is 670 g/mol. The maximum absolute atomic E-state index is 14.1. The first-order chi connectivity index (χ1) is 25.5. The van der Waals surface area contributed by atoms with Crippen molar-refractivity contribution in [1.29, 1.82) is 0 Å². The van der Waals surface area contributed by atoms with Crippen LogP contribution in [-0.2, 0) is 36.8 Å². The van der Waals surface area contributed by atoms with Crippen LogP contribution in [0.15, 0.2) is 60.7 Å². The number of Topliss-reactive ketones (excluding diaryl/α,β-unsaturated/α-hetero) is 2. The summed E-state index contributed by atoms with van der Waals surface area (Å²) in [6, 6.07) is 17.1. The van der Waals surface area contributed by atoms with Crippen LogP contribution < -0.4 is 16.8 Å². The number of carbonyl (C=O) groups excluding carboxylic acids is 4. The van der Waals surface area contributed by atoms with Crippen molar-refractivity contribution in [3.05, 3.63) is 71.8 Å². The fourth-order valence-corrected chi connectivity index (χ4v) is 7.96. The molecule has 0 aromatic heterocycles. The van der Waals surface area contributed by atoms with Crippen LogP contribution in [0.4, 0.5) is 0 Å². The lowest BCUT2D eigenvalue weighted by molar-refractivity contribution is -0.145. The molecule has 6 N–H and O–H groups in total. The van der Waals surface area contributed by atoms with Crippen molar-refractivity contribution in [2.45, 2.75) is 115 Å². The highest BCUT2D eigenvalue weighted by atomic mass is 16.4. The standard InChI is InChI=1S/C42H61N5O6/c1-29(2)24-36(45-40(50)33(25-30-12-5-3-6-13-30)28-38(48)35(44)26-31-14-7-4-8-15-31)39(49)27-32(16-9-10-20-43)41(51)46-22-18-34(19-23-46)47-21-11-17-37(47)42(52)53/h3-8,12-15,29,32-37H,9-11,16-28,43-44H2,1-2H3,(H,45,50)(H,52,53)/t32-,33-,35+,36+,37-/m0/s1. The largest absolute Gasteiger partial charge is 0.480 e. The predicted octanol–water partition coefficient (Wildman–Crippen LogP) is 4.15. The molecule has 2 heterocycles. The zero-order valence-corrected chi connectivity index (χ0v) is 31.7. The number of carboxylic acids is 1. The fraction of sp³-hybridized carbons (Fsp3) is 0.595. The maximum atomic E-state index is 14.1. The summed E-state index contributed by atoms with van der Waals surface area (Å²) >= 11 is 0. The zero-order valence-electron chi connectivity index (χ0n) is 31.7. The number of carbonyl (C=O) groups is 5. The summed E-state index contributed by atoms with van der Waals surface area (Å²) in [5.41, 5.74) is 14.0. The zero-order chi connectivity index (χ0) is 38.3. The highest BCUT2D eigenvalue weighted by Crippen LogP contribution is 2.28. The molecule has 290 valence electrons. The summed E-state index contributed by atoms with van der Waals surface area (Å²) in [4.78, 5) is 71.4. The second-order valence-corrected chi connectivity index (χ2v) is 15.5. The average Bonchev–Trinajstić information content (AvgIpc) is 3.65. The molecule has 53 heavy (non-hydrogen) atoms. The van der Waals surface area contributed by atoms with Crippen LogP contribution in [-0.4, -0.2) is 94.6 Å². The number of likely N-dealkylation sites (tertiary alicyclic amines) is 2. The summed E-state index contributed by atoms with van der Waals surface area (Å²) in [6.07, 6.45) is 5.89. The molecule has 5 atom stereocenters. The average molecular weight is 732 g/mol. The molecule has 0 unspecified atom stereocenters. The van der Waals surface area contributed by atoms with Crippen LogP contribution in [0.5, 0.6) is 0 Å². The lowest BCUT2D eigenvalue weighted by atomic mass is 9.87. The van der Waals surface area contributed by atoms with E-state index in [1.807, 2.05) is 79.4 Å². The molecule has 11 heteroatoms. The summed E-state index contributed by atoms with van der Waals surface area (Å²) in [7, 11) is 0. The quantitative estimate of drug-likeness (QED) is 0.138. The molecule has 2 aliphatic rings. The Kier molecular flexibility index (Phi) is 16.6. The van der Waals surface area contributed by atoms with Crippen molar-refractivity contribution in [2.24, 2.45) is 29.2 Å². The lowest BCUT2D eigenvalue weighted by Gasteiger charge is -2.39. The van der Waals surface area contributed by atoms with Gasteiger partial charge in [0.1, 0.15) is 6.04 Å². The van der Waals surface area contributed by atoms with Gasteiger partial charge in [0.05, 0.1) is 12.1 Å². The van der Waals surface area contributed by atoms with Gasteiger partial charge in [0, 0.05) is 43.8 Å². The first-order valence-electron chi connectivity index (χ1n) is 19.6. The van der Waals surface area contributed by atoms with E-state index in [4.69, 9.17) is 11.5 Å². The van der Waals surface area contributed by atoms with E-state index in [1.54, 1.807) is 0 Å². The van der Waals surface area contributed by atoms with E-state index in [2.05, 4.69) is 10.2 Å². The smallest absolute Gasteiger partial charge is 0.320 e. The highest BCUT2D eigenvalue weighted by Gasteiger charge is 2.39. The van der Waals surface area contributed by atoms with Gasteiger partial charge >= 0.3 is 5.97 Å². The minimum atomic E-state index is -0.812. The number of ketones is 2. The normalized spacial score (nSPS) is 19.0. The SMILES string of the molecule is CC(C)C[C@@H](NC(=O)[C@H](CC(=O)[C@H](N)Cc1ccccc1)Cc1ccccc1)C(=O)C[C@H](CCCCN)C(=O)N1CCC(N2CCC[C@H]2C(=O)O)CC1. The van der Waals surface area contributed by atoms with Gasteiger partial charge in [-0.2, -0.15) is 0 Å². The number of hydrogen-bond acceptors (Lipinski definition) is 8. The molecule has 0 saturated carbocycles. The summed E-state index contributed by atoms with van der Waals surface area (Å²) < 4.78 is 0. The Morgan fingerprint density at radius 3 is 2.00 bits per heavy atom. The number of aliphatic carboxylic acids is 1. The van der Waals surface area contributed by atoms with Gasteiger partial charge in [-0.3, -0.25) is 28.9 Å². The van der Waals surface area contributed by atoms with Gasteiger partial charge in [-0.15, -0.1) is 0 Å². The van der Waals surface area contributed by atoms with Crippen molar-refractivity contribution < 1.29 is 29.1 Å². The molecule has 0 bridgehead atoms. The minimum absolute atomic E-state index is 0.00154. The Morgan fingerprint density at radius 1 is 0.811 bits per heavy atom. The lowest BCUT2D eigenvalue weighted by Crippen LogP contribution is -2.51. The van der Waals surface area contributed by atoms with Crippen molar-refractivity contribution in [3.8, 4) is 0 Å². The molecule has 0 aliphatic carbocycles. The third-order valence-electron chi connectivity index (χ3n) is 10.9. The van der Waals surface area contributed by atoms with E-state index in [0.29, 0.717) is 71.0 Å². The summed E-state index contributed by atoms with van der Waals surface area (Å²) in [5, 5.41) is 12.7. The molecule has 2 fully saturated rings. The van der Waals surface area contributed by atoms with E-state index in [1.165, 1.54) is 0 Å². The van der Waals surface area contributed by atoms with E-state index in [0.717, 1.165) is 30.5 Å². The van der Waals surface area contributed by atoms with Crippen LogP contribution in [0.2, 0.25) is 0 Å². The van der Waals surface area contributed by atoms with Crippen LogP contribution in [0.1, 0.15) is 89.2 Å². The Morgan fingerprint density at radius 2 is 1.42 bits per heavy atom. The second kappa shape index (κ2) is 21.1. The topological polar surface area (TPSA) is 176 Å². The molecule has 2 aromatic rings. The number of nitrogens with zero attached hydrogens (tertiary/aromatic N) is 2. The number of nitrogens with one attached hydrogen (secondary N) is 1. The van der Waals surface area contributed by atoms with Crippen molar-refractivity contribution >= 4 is 29.4 Å². The van der Waals surface area contributed by atoms with Crippen molar-refractivity contribution in [3.63, 3.8) is 0 Å². The number of unbranched alkanes of at least 4 members (excludes halogenated alkanes) is 1. The van der Waals surface area contributed by atoms with Crippen LogP contribution in [0.3, 0.4) is 0 Å². The van der Waals surface area contributed by atoms with Gasteiger partial charge in [0.15, 0.2) is 11.6 Å². The molecule has 2 aliphatic heterocycles. The first-order valence-corrected chi connectivity index (χ1v) is 19.6. The van der Waals surface area contributed by atoms with Crippen LogP contribution >= 0.6 is 0 Å². The number of benzene rings is 2. The van der Waals surface area contributed by atoms with Gasteiger partial charge in [0.2, 0.25) is 11.8 Å². The predicted molar refractivity (Wildman–Crippen MR) is 206 cm³/mol. The molecule has 0 radical (unpaired) electrons. The Hall–Kier alpha value is -3.93. The maximum Gasteiger partial charge on any atom is 0.320 e. The third kappa shape index (κ3) is 12.9. The van der Waals surface area contributed by atoms with Crippen LogP contribution in [0.25, 0.3) is 0 Å². The monoisotopic (exact) mass is 731 g/mol. The van der Waals surface area contributed by atoms with Crippen molar-refractivity contribution in [1.82, 2.24) is 15.1 Å². The number of rotatable bonds is 21. The molecule has 0 spiro atoms. The van der Waals surface area contributed by atoms with Crippen molar-refractivity contribution in [2.75, 3.05) is 26.2 Å². The highest BCUT2D eigenvalue weighted by molar-refractivity contribution is 5.94. The van der Waals surface area contributed by atoms with Gasteiger partial charge in [-0.1, -0.05) is 80.9 Å². The van der Waals surface area contributed by atoms with Gasteiger partial charge < -0.3 is 26.8 Å². The fourth-order valence-electron chi connectivity index (χ4n) is 7.96. The number of hydrogen-bond donors (Lipinski definition) is 4. The molecular formula is C42H61N5O6. The van der Waals surface area contributed by atoms with E-state index in [9.17, 15) is 29.1 Å². The number of carboxylic acid groups (broad SMARTS) is 1. The number of nitrogens with two attached hydrogens (primary N) is 2. The number of piperidine rings is 1. The van der Waals surface area contributed by atoms with E-state index in [-0.39, 0.29) is 48.2 Å². The Balaban J connectivity index is 1.45. The molecule has 2 aromatic carbocycles. The van der Waals surface area contributed by atoms with E-state index >= 15 is 0 Å². The first kappa shape index (κ1) is 41.8.